The molecule has 11 nitrogen and oxygen atoms in total. The first-order valence-corrected chi connectivity index (χ1v) is 13.5. The molecule has 17 heteroatoms. The lowest BCUT2D eigenvalue weighted by atomic mass is 10.0. The number of aryl methyl sites for hydroxylation is 1. The Balaban J connectivity index is 2.02. The number of anilines is 1. The average molecular weight is 629 g/mol. The SMILES string of the molecule is Cc1cc(C#N)cc(C(=O)NCC(F)(F)F)c1NC(=O)c1cc(OC(C)CC([S+]=O)[S+]=O)nn1-c1ncccc1Cl. The average Bonchev–Trinajstić information content (AvgIpc) is 3.34. The number of rotatable bonds is 11. The summed E-state index contributed by atoms with van der Waals surface area (Å²) in [7, 11) is 0. The highest BCUT2D eigenvalue weighted by Gasteiger charge is 2.38. The predicted molar refractivity (Wildman–Crippen MR) is 143 cm³/mol. The van der Waals surface area contributed by atoms with Crippen molar-refractivity contribution in [1.82, 2.24) is 20.1 Å². The van der Waals surface area contributed by atoms with Gasteiger partial charge in [-0.25, -0.2) is 9.67 Å². The number of nitriles is 1. The smallest absolute Gasteiger partial charge is 0.473 e. The molecule has 0 spiro atoms. The van der Waals surface area contributed by atoms with Crippen LogP contribution in [0.4, 0.5) is 18.9 Å². The van der Waals surface area contributed by atoms with E-state index in [0.717, 1.165) is 10.7 Å². The van der Waals surface area contributed by atoms with Crippen molar-refractivity contribution in [3.8, 4) is 17.8 Å². The van der Waals surface area contributed by atoms with Crippen LogP contribution >= 0.6 is 11.6 Å². The number of amides is 2. The Morgan fingerprint density at radius 3 is 2.54 bits per heavy atom. The van der Waals surface area contributed by atoms with Gasteiger partial charge in [0.1, 0.15) is 24.8 Å². The third-order valence-electron chi connectivity index (χ3n) is 5.32. The van der Waals surface area contributed by atoms with Gasteiger partial charge in [-0.15, -0.1) is 5.10 Å². The third kappa shape index (κ3) is 8.22. The first-order valence-electron chi connectivity index (χ1n) is 11.5. The fourth-order valence-electron chi connectivity index (χ4n) is 3.54. The monoisotopic (exact) mass is 628 g/mol. The zero-order valence-electron chi connectivity index (χ0n) is 21.2. The largest absolute Gasteiger partial charge is 0.536 e. The highest BCUT2D eigenvalue weighted by molar-refractivity contribution is 7.84. The summed E-state index contributed by atoms with van der Waals surface area (Å²) in [4.78, 5) is 30.3. The van der Waals surface area contributed by atoms with E-state index in [0.29, 0.717) is 0 Å². The summed E-state index contributed by atoms with van der Waals surface area (Å²) >= 11 is 6.51. The highest BCUT2D eigenvalue weighted by atomic mass is 35.5. The Hall–Kier alpha value is -4.07. The van der Waals surface area contributed by atoms with E-state index < -0.39 is 35.2 Å². The van der Waals surface area contributed by atoms with Gasteiger partial charge in [-0.3, -0.25) is 9.59 Å². The van der Waals surface area contributed by atoms with Crippen molar-refractivity contribution >= 4 is 52.4 Å². The summed E-state index contributed by atoms with van der Waals surface area (Å²) in [5.41, 5.74) is -0.503. The molecule has 0 saturated heterocycles. The summed E-state index contributed by atoms with van der Waals surface area (Å²) in [6.07, 6.45) is -3.89. The lowest BCUT2D eigenvalue weighted by molar-refractivity contribution is -0.123. The standard InChI is InChI=1S/C24H18ClF3N6O5S2/c1-12-6-14(10-29)8-15(22(35)31-11-24(26,27)28)20(12)32-23(36)17-9-18(39-13(2)7-19(40-37)41-38)33-34(17)21-16(25)4-3-5-30-21/h3-6,8-9,13,19H,7,11H2,1-2H3/p+2. The molecule has 2 heterocycles. The van der Waals surface area contributed by atoms with Gasteiger partial charge < -0.3 is 15.4 Å². The molecule has 0 aliphatic rings. The number of carbonyl (C=O) groups is 2. The van der Waals surface area contributed by atoms with Crippen LogP contribution in [0.2, 0.25) is 5.02 Å². The third-order valence-corrected chi connectivity index (χ3v) is 6.90. The molecule has 0 fully saturated rings. The van der Waals surface area contributed by atoms with Crippen molar-refractivity contribution in [3.63, 3.8) is 0 Å². The Morgan fingerprint density at radius 1 is 1.22 bits per heavy atom. The van der Waals surface area contributed by atoms with Gasteiger partial charge in [0.25, 0.3) is 11.8 Å². The molecule has 3 aromatic rings. The fraction of sp³-hybridized carbons (Fsp3) is 0.292. The maximum atomic E-state index is 13.5. The van der Waals surface area contributed by atoms with Gasteiger partial charge in [-0.2, -0.15) is 18.4 Å². The number of ether oxygens (including phenoxy) is 1. The van der Waals surface area contributed by atoms with Crippen LogP contribution in [0, 0.1) is 18.3 Å². The topological polar surface area (TPSA) is 156 Å². The van der Waals surface area contributed by atoms with Crippen molar-refractivity contribution in [2.75, 3.05) is 11.9 Å². The van der Waals surface area contributed by atoms with E-state index in [2.05, 4.69) is 15.4 Å². The van der Waals surface area contributed by atoms with Crippen LogP contribution < -0.4 is 15.4 Å². The Labute approximate surface area is 244 Å². The maximum Gasteiger partial charge on any atom is 0.536 e. The molecular formula is C24H20ClF3N6O5S2+2. The first-order chi connectivity index (χ1) is 19.4. The van der Waals surface area contributed by atoms with Gasteiger partial charge in [0.15, 0.2) is 5.82 Å². The van der Waals surface area contributed by atoms with E-state index in [1.807, 2.05) is 6.07 Å². The number of nitrogens with one attached hydrogen (secondary N) is 2. The van der Waals surface area contributed by atoms with Gasteiger partial charge in [-0.05, 0) is 43.7 Å². The molecular weight excluding hydrogens is 609 g/mol. The quantitative estimate of drug-likeness (QED) is 0.239. The van der Waals surface area contributed by atoms with Crippen molar-refractivity contribution in [3.05, 3.63) is 63.9 Å². The van der Waals surface area contributed by atoms with Gasteiger partial charge >= 0.3 is 34.1 Å². The Kier molecular flexibility index (Phi) is 10.4. The number of alkyl halides is 3. The highest BCUT2D eigenvalue weighted by Crippen LogP contribution is 2.27. The van der Waals surface area contributed by atoms with Crippen molar-refractivity contribution < 1.29 is 35.9 Å². The van der Waals surface area contributed by atoms with E-state index in [-0.39, 0.29) is 74.5 Å². The van der Waals surface area contributed by atoms with Gasteiger partial charge in [0, 0.05) is 20.7 Å². The maximum absolute atomic E-state index is 13.5. The molecule has 1 unspecified atom stereocenters. The zero-order chi connectivity index (χ0) is 30.3. The fourth-order valence-corrected chi connectivity index (χ4v) is 4.57. The number of hydrogen-bond donors (Lipinski definition) is 2. The molecule has 0 saturated carbocycles. The minimum Gasteiger partial charge on any atom is -0.473 e. The number of nitrogens with zero attached hydrogens (tertiary/aromatic N) is 4. The molecule has 0 radical (unpaired) electrons. The number of halogens is 4. The molecule has 1 aromatic carbocycles. The van der Waals surface area contributed by atoms with Gasteiger partial charge in [0.05, 0.1) is 27.9 Å². The zero-order valence-corrected chi connectivity index (χ0v) is 23.6. The summed E-state index contributed by atoms with van der Waals surface area (Å²) in [6.45, 7) is 1.42. The van der Waals surface area contributed by atoms with Crippen LogP contribution in [0.15, 0.2) is 36.5 Å². The second kappa shape index (κ2) is 13.5. The Morgan fingerprint density at radius 2 is 1.93 bits per heavy atom. The second-order valence-electron chi connectivity index (χ2n) is 8.45. The minimum absolute atomic E-state index is 0.0153. The second-order valence-corrected chi connectivity index (χ2v) is 10.7. The lowest BCUT2D eigenvalue weighted by Gasteiger charge is -2.16. The molecule has 0 aliphatic carbocycles. The molecule has 0 bridgehead atoms. The molecule has 1 atom stereocenters. The van der Waals surface area contributed by atoms with Crippen LogP contribution in [0.5, 0.6) is 5.88 Å². The van der Waals surface area contributed by atoms with Crippen LogP contribution in [0.1, 0.15) is 45.3 Å². The van der Waals surface area contributed by atoms with Gasteiger partial charge in [0.2, 0.25) is 5.88 Å². The number of benzene rings is 1. The number of pyridine rings is 1. The van der Waals surface area contributed by atoms with Crippen LogP contribution in [-0.2, 0) is 31.8 Å². The van der Waals surface area contributed by atoms with E-state index >= 15 is 0 Å². The van der Waals surface area contributed by atoms with Gasteiger partial charge in [-0.1, -0.05) is 11.6 Å². The molecule has 3 rings (SSSR count). The molecule has 41 heavy (non-hydrogen) atoms. The van der Waals surface area contributed by atoms with E-state index in [9.17, 15) is 36.4 Å². The summed E-state index contributed by atoms with van der Waals surface area (Å²) in [5.74, 6) is -2.10. The van der Waals surface area contributed by atoms with Crippen LogP contribution in [0.3, 0.4) is 0 Å². The minimum atomic E-state index is -4.69. The van der Waals surface area contributed by atoms with Crippen molar-refractivity contribution in [1.29, 1.82) is 5.26 Å². The molecule has 0 aliphatic heterocycles. The number of aromatic nitrogens is 3. The van der Waals surface area contributed by atoms with E-state index in [1.54, 1.807) is 18.3 Å². The normalized spacial score (nSPS) is 11.9. The first kappa shape index (κ1) is 31.5. The molecule has 214 valence electrons. The summed E-state index contributed by atoms with van der Waals surface area (Å²) < 4.78 is 66.2. The molecule has 2 N–H and O–H groups in total. The summed E-state index contributed by atoms with van der Waals surface area (Å²) in [5, 5.41) is 17.9. The lowest BCUT2D eigenvalue weighted by Crippen LogP contribution is -2.34. The molecule has 2 amide bonds. The molecule has 2 aromatic heterocycles. The summed E-state index contributed by atoms with van der Waals surface area (Å²) in [6, 6.07) is 8.47. The predicted octanol–water partition coefficient (Wildman–Crippen LogP) is 3.98. The van der Waals surface area contributed by atoms with E-state index in [1.165, 1.54) is 31.3 Å². The van der Waals surface area contributed by atoms with Crippen molar-refractivity contribution in [2.24, 2.45) is 0 Å². The number of carbonyl (C=O) groups excluding carboxylic acids is 2. The van der Waals surface area contributed by atoms with Crippen LogP contribution in [-0.4, -0.2) is 50.0 Å². The number of hydrogen-bond acceptors (Lipinski definition) is 8. The van der Waals surface area contributed by atoms with E-state index in [4.69, 9.17) is 16.3 Å². The van der Waals surface area contributed by atoms with Crippen molar-refractivity contribution in [2.45, 2.75) is 37.1 Å². The Bertz CT molecular complexity index is 1520. The van der Waals surface area contributed by atoms with Crippen LogP contribution in [0.25, 0.3) is 5.82 Å².